The average molecular weight is 229 g/mol. The monoisotopic (exact) mass is 229 g/mol. The molecule has 0 saturated carbocycles. The van der Waals surface area contributed by atoms with Crippen molar-refractivity contribution < 1.29 is 9.84 Å². The molecule has 1 N–H and O–H groups in total. The fourth-order valence-electron chi connectivity index (χ4n) is 1.55. The lowest BCUT2D eigenvalue weighted by Crippen LogP contribution is -1.96. The number of hydrogen-bond donors (Lipinski definition) is 1. The number of aromatic nitrogens is 1. The van der Waals surface area contributed by atoms with Gasteiger partial charge in [0.15, 0.2) is 0 Å². The van der Waals surface area contributed by atoms with Crippen molar-refractivity contribution in [3.05, 3.63) is 59.4 Å². The molecule has 0 spiro atoms. The molecule has 0 saturated heterocycles. The number of hydrogen-bond acceptors (Lipinski definition) is 3. The van der Waals surface area contributed by atoms with Crippen LogP contribution in [0.1, 0.15) is 16.7 Å². The van der Waals surface area contributed by atoms with E-state index in [1.165, 1.54) is 0 Å². The molecule has 3 nitrogen and oxygen atoms in total. The highest BCUT2D eigenvalue weighted by atomic mass is 16.5. The van der Waals surface area contributed by atoms with Crippen LogP contribution in [0.5, 0.6) is 5.75 Å². The molecule has 1 heterocycles. The van der Waals surface area contributed by atoms with Crippen molar-refractivity contribution in [2.75, 3.05) is 0 Å². The van der Waals surface area contributed by atoms with Gasteiger partial charge in [-0.15, -0.1) is 0 Å². The van der Waals surface area contributed by atoms with Crippen molar-refractivity contribution in [1.82, 2.24) is 4.98 Å². The summed E-state index contributed by atoms with van der Waals surface area (Å²) in [5.41, 5.74) is 3.06. The molecule has 1 aromatic carbocycles. The van der Waals surface area contributed by atoms with Gasteiger partial charge in [-0.05, 0) is 36.2 Å². The first-order valence-corrected chi connectivity index (χ1v) is 5.51. The van der Waals surface area contributed by atoms with Crippen LogP contribution in [0, 0.1) is 6.92 Å². The van der Waals surface area contributed by atoms with Gasteiger partial charge in [0.1, 0.15) is 12.4 Å². The van der Waals surface area contributed by atoms with Crippen molar-refractivity contribution in [2.24, 2.45) is 0 Å². The number of aliphatic hydroxyl groups excluding tert-OH is 1. The first kappa shape index (κ1) is 11.6. The summed E-state index contributed by atoms with van der Waals surface area (Å²) in [5, 5.41) is 8.92. The van der Waals surface area contributed by atoms with Crippen LogP contribution in [-0.4, -0.2) is 10.1 Å². The zero-order chi connectivity index (χ0) is 12.1. The van der Waals surface area contributed by atoms with Gasteiger partial charge in [0.25, 0.3) is 0 Å². The van der Waals surface area contributed by atoms with E-state index < -0.39 is 0 Å². The summed E-state index contributed by atoms with van der Waals surface area (Å²) in [6.07, 6.45) is 3.62. The second-order valence-electron chi connectivity index (χ2n) is 3.96. The third kappa shape index (κ3) is 3.29. The lowest BCUT2D eigenvalue weighted by atomic mass is 10.2. The highest BCUT2D eigenvalue weighted by Crippen LogP contribution is 2.14. The molecule has 0 fully saturated rings. The number of rotatable bonds is 4. The molecule has 17 heavy (non-hydrogen) atoms. The molecule has 0 amide bonds. The Kier molecular flexibility index (Phi) is 3.73. The second kappa shape index (κ2) is 5.46. The molecule has 0 aliphatic heterocycles. The molecule has 88 valence electrons. The smallest absolute Gasteiger partial charge is 0.119 e. The van der Waals surface area contributed by atoms with E-state index in [0.29, 0.717) is 6.61 Å². The largest absolute Gasteiger partial charge is 0.489 e. The van der Waals surface area contributed by atoms with Crippen molar-refractivity contribution in [3.63, 3.8) is 0 Å². The van der Waals surface area contributed by atoms with E-state index in [1.807, 2.05) is 37.4 Å². The van der Waals surface area contributed by atoms with Gasteiger partial charge in [-0.1, -0.05) is 12.1 Å². The minimum Gasteiger partial charge on any atom is -0.489 e. The first-order valence-electron chi connectivity index (χ1n) is 5.51. The molecule has 1 aromatic heterocycles. The van der Waals surface area contributed by atoms with Gasteiger partial charge in [0, 0.05) is 18.0 Å². The minimum atomic E-state index is 0.0576. The van der Waals surface area contributed by atoms with E-state index in [0.717, 1.165) is 22.4 Å². The SMILES string of the molecule is Cc1cncc(COc2ccc(CO)cc2)c1. The highest BCUT2D eigenvalue weighted by molar-refractivity contribution is 5.27. The third-order valence-corrected chi connectivity index (χ3v) is 2.44. The lowest BCUT2D eigenvalue weighted by Gasteiger charge is -2.07. The van der Waals surface area contributed by atoms with E-state index in [4.69, 9.17) is 9.84 Å². The van der Waals surface area contributed by atoms with Gasteiger partial charge in [-0.3, -0.25) is 4.98 Å². The van der Waals surface area contributed by atoms with Gasteiger partial charge >= 0.3 is 0 Å². The van der Waals surface area contributed by atoms with Crippen LogP contribution in [0.15, 0.2) is 42.7 Å². The quantitative estimate of drug-likeness (QED) is 0.875. The zero-order valence-corrected chi connectivity index (χ0v) is 9.76. The lowest BCUT2D eigenvalue weighted by molar-refractivity contribution is 0.280. The predicted molar refractivity (Wildman–Crippen MR) is 65.7 cm³/mol. The molecule has 2 rings (SSSR count). The number of ether oxygens (including phenoxy) is 1. The summed E-state index contributed by atoms with van der Waals surface area (Å²) in [7, 11) is 0. The van der Waals surface area contributed by atoms with E-state index >= 15 is 0 Å². The molecule has 0 aliphatic rings. The summed E-state index contributed by atoms with van der Waals surface area (Å²) in [6, 6.07) is 9.46. The van der Waals surface area contributed by atoms with Crippen LogP contribution >= 0.6 is 0 Å². The normalized spacial score (nSPS) is 10.2. The maximum atomic E-state index is 8.92. The number of nitrogens with zero attached hydrogens (tertiary/aromatic N) is 1. The summed E-state index contributed by atoms with van der Waals surface area (Å²) < 4.78 is 5.62. The van der Waals surface area contributed by atoms with Gasteiger partial charge in [-0.25, -0.2) is 0 Å². The Morgan fingerprint density at radius 3 is 2.53 bits per heavy atom. The fourth-order valence-corrected chi connectivity index (χ4v) is 1.55. The van der Waals surface area contributed by atoms with Gasteiger partial charge in [0.05, 0.1) is 6.61 Å². The number of pyridine rings is 1. The molecule has 0 radical (unpaired) electrons. The summed E-state index contributed by atoms with van der Waals surface area (Å²) in [6.45, 7) is 2.57. The van der Waals surface area contributed by atoms with Crippen LogP contribution in [0.2, 0.25) is 0 Å². The van der Waals surface area contributed by atoms with Gasteiger partial charge < -0.3 is 9.84 Å². The standard InChI is InChI=1S/C14H15NO2/c1-11-6-13(8-15-7-11)10-17-14-4-2-12(9-16)3-5-14/h2-8,16H,9-10H2,1H3. The molecule has 0 bridgehead atoms. The maximum Gasteiger partial charge on any atom is 0.119 e. The zero-order valence-electron chi connectivity index (χ0n) is 9.76. The van der Waals surface area contributed by atoms with Crippen LogP contribution in [-0.2, 0) is 13.2 Å². The Balaban J connectivity index is 1.97. The number of aliphatic hydroxyl groups is 1. The average Bonchev–Trinajstić information content (AvgIpc) is 2.37. The molecule has 0 aliphatic carbocycles. The summed E-state index contributed by atoms with van der Waals surface area (Å²) in [5.74, 6) is 0.795. The number of benzene rings is 1. The number of aryl methyl sites for hydroxylation is 1. The first-order chi connectivity index (χ1) is 8.28. The van der Waals surface area contributed by atoms with E-state index in [2.05, 4.69) is 11.1 Å². The van der Waals surface area contributed by atoms with Crippen LogP contribution in [0.4, 0.5) is 0 Å². The predicted octanol–water partition coefficient (Wildman–Crippen LogP) is 2.46. The topological polar surface area (TPSA) is 42.4 Å². The second-order valence-corrected chi connectivity index (χ2v) is 3.96. The Morgan fingerprint density at radius 2 is 1.88 bits per heavy atom. The molecule has 2 aromatic rings. The van der Waals surface area contributed by atoms with Crippen LogP contribution in [0.3, 0.4) is 0 Å². The Bertz CT molecular complexity index is 480. The third-order valence-electron chi connectivity index (χ3n) is 2.44. The maximum absolute atomic E-state index is 8.92. The molecular weight excluding hydrogens is 214 g/mol. The fraction of sp³-hybridized carbons (Fsp3) is 0.214. The Hall–Kier alpha value is -1.87. The van der Waals surface area contributed by atoms with Crippen molar-refractivity contribution in [3.8, 4) is 5.75 Å². The van der Waals surface area contributed by atoms with Crippen LogP contribution in [0.25, 0.3) is 0 Å². The Labute approximate surface area is 101 Å². The molecule has 3 heteroatoms. The minimum absolute atomic E-state index is 0.0576. The molecular formula is C14H15NO2. The van der Waals surface area contributed by atoms with Crippen LogP contribution < -0.4 is 4.74 Å². The summed E-state index contributed by atoms with van der Waals surface area (Å²) in [4.78, 5) is 4.11. The Morgan fingerprint density at radius 1 is 1.12 bits per heavy atom. The van der Waals surface area contributed by atoms with Crippen molar-refractivity contribution >= 4 is 0 Å². The van der Waals surface area contributed by atoms with Gasteiger partial charge in [0.2, 0.25) is 0 Å². The molecule has 0 atom stereocenters. The van der Waals surface area contributed by atoms with Crippen molar-refractivity contribution in [1.29, 1.82) is 0 Å². The van der Waals surface area contributed by atoms with E-state index in [-0.39, 0.29) is 6.61 Å². The van der Waals surface area contributed by atoms with E-state index in [9.17, 15) is 0 Å². The van der Waals surface area contributed by atoms with Crippen molar-refractivity contribution in [2.45, 2.75) is 20.1 Å². The molecule has 0 unspecified atom stereocenters. The van der Waals surface area contributed by atoms with E-state index in [1.54, 1.807) is 6.20 Å². The van der Waals surface area contributed by atoms with Gasteiger partial charge in [-0.2, -0.15) is 0 Å². The highest BCUT2D eigenvalue weighted by Gasteiger charge is 1.97. The summed E-state index contributed by atoms with van der Waals surface area (Å²) >= 11 is 0.